The smallest absolute Gasteiger partial charge is 0.255 e. The number of carbonyl (C=O) groups is 1. The average Bonchev–Trinajstić information content (AvgIpc) is 2.55. The highest BCUT2D eigenvalue weighted by Crippen LogP contribution is 2.21. The van der Waals surface area contributed by atoms with Gasteiger partial charge < -0.3 is 14.8 Å². The second-order valence-corrected chi connectivity index (χ2v) is 5.52. The van der Waals surface area contributed by atoms with Gasteiger partial charge >= 0.3 is 0 Å². The minimum absolute atomic E-state index is 0.128. The van der Waals surface area contributed by atoms with E-state index in [1.807, 2.05) is 44.2 Å². The van der Waals surface area contributed by atoms with Crippen molar-refractivity contribution in [2.45, 2.75) is 20.3 Å². The van der Waals surface area contributed by atoms with Gasteiger partial charge in [-0.1, -0.05) is 29.3 Å². The summed E-state index contributed by atoms with van der Waals surface area (Å²) in [5.41, 5.74) is 3.84. The van der Waals surface area contributed by atoms with Crippen molar-refractivity contribution in [3.8, 4) is 11.5 Å². The molecule has 0 atom stereocenters. The summed E-state index contributed by atoms with van der Waals surface area (Å²) in [6.45, 7) is 4.53. The highest BCUT2D eigenvalue weighted by molar-refractivity contribution is 5.97. The Labute approximate surface area is 137 Å². The van der Waals surface area contributed by atoms with Crippen molar-refractivity contribution >= 4 is 5.91 Å². The predicted octanol–water partition coefficient (Wildman–Crippen LogP) is 3.29. The van der Waals surface area contributed by atoms with E-state index in [0.29, 0.717) is 24.3 Å². The first-order valence-electron chi connectivity index (χ1n) is 7.61. The molecule has 0 aromatic heterocycles. The van der Waals surface area contributed by atoms with Gasteiger partial charge in [0, 0.05) is 6.54 Å². The maximum absolute atomic E-state index is 12.4. The SMILES string of the molecule is COc1ccc(C)cc1CCNC(=O)c1cc(C)ccc1OC. The lowest BCUT2D eigenvalue weighted by atomic mass is 10.1. The Hall–Kier alpha value is -2.49. The van der Waals surface area contributed by atoms with E-state index in [2.05, 4.69) is 11.4 Å². The number of hydrogen-bond acceptors (Lipinski definition) is 3. The van der Waals surface area contributed by atoms with Gasteiger partial charge in [0.25, 0.3) is 5.91 Å². The summed E-state index contributed by atoms with van der Waals surface area (Å²) in [7, 11) is 3.23. The van der Waals surface area contributed by atoms with Gasteiger partial charge in [-0.05, 0) is 44.0 Å². The topological polar surface area (TPSA) is 47.6 Å². The van der Waals surface area contributed by atoms with Crippen molar-refractivity contribution in [3.05, 3.63) is 58.7 Å². The molecule has 122 valence electrons. The Morgan fingerprint density at radius 3 is 2.22 bits per heavy atom. The third kappa shape index (κ3) is 4.25. The van der Waals surface area contributed by atoms with E-state index < -0.39 is 0 Å². The predicted molar refractivity (Wildman–Crippen MR) is 91.5 cm³/mol. The lowest BCUT2D eigenvalue weighted by molar-refractivity contribution is 0.0951. The minimum Gasteiger partial charge on any atom is -0.496 e. The molecule has 1 amide bonds. The standard InChI is InChI=1S/C19H23NO3/c1-13-5-7-17(22-3)15(11-13)9-10-20-19(21)16-12-14(2)6-8-18(16)23-4/h5-8,11-12H,9-10H2,1-4H3,(H,20,21). The highest BCUT2D eigenvalue weighted by atomic mass is 16.5. The zero-order chi connectivity index (χ0) is 16.8. The zero-order valence-corrected chi connectivity index (χ0v) is 14.1. The van der Waals surface area contributed by atoms with Gasteiger partial charge in [-0.25, -0.2) is 0 Å². The number of methoxy groups -OCH3 is 2. The number of aryl methyl sites for hydroxylation is 2. The molecule has 0 aliphatic heterocycles. The van der Waals surface area contributed by atoms with Crippen molar-refractivity contribution < 1.29 is 14.3 Å². The number of benzene rings is 2. The molecule has 1 N–H and O–H groups in total. The number of rotatable bonds is 6. The van der Waals surface area contributed by atoms with E-state index in [9.17, 15) is 4.79 Å². The second-order valence-electron chi connectivity index (χ2n) is 5.52. The highest BCUT2D eigenvalue weighted by Gasteiger charge is 2.12. The van der Waals surface area contributed by atoms with Crippen LogP contribution in [0.5, 0.6) is 11.5 Å². The van der Waals surface area contributed by atoms with E-state index in [4.69, 9.17) is 9.47 Å². The first-order valence-corrected chi connectivity index (χ1v) is 7.61. The monoisotopic (exact) mass is 313 g/mol. The summed E-state index contributed by atoms with van der Waals surface area (Å²) in [6.07, 6.45) is 0.713. The molecule has 23 heavy (non-hydrogen) atoms. The molecule has 2 rings (SSSR count). The molecule has 0 radical (unpaired) electrons. The van der Waals surface area contributed by atoms with Crippen molar-refractivity contribution in [3.63, 3.8) is 0 Å². The molecule has 0 saturated carbocycles. The van der Waals surface area contributed by atoms with Crippen LogP contribution in [-0.2, 0) is 6.42 Å². The van der Waals surface area contributed by atoms with Gasteiger partial charge in [-0.3, -0.25) is 4.79 Å². The van der Waals surface area contributed by atoms with Crippen LogP contribution in [0.4, 0.5) is 0 Å². The molecule has 0 fully saturated rings. The fourth-order valence-electron chi connectivity index (χ4n) is 2.51. The van der Waals surface area contributed by atoms with Gasteiger partial charge in [0.2, 0.25) is 0 Å². The number of amides is 1. The van der Waals surface area contributed by atoms with E-state index in [1.54, 1.807) is 14.2 Å². The van der Waals surface area contributed by atoms with Crippen LogP contribution in [-0.4, -0.2) is 26.7 Å². The maximum Gasteiger partial charge on any atom is 0.255 e. The maximum atomic E-state index is 12.4. The fourth-order valence-corrected chi connectivity index (χ4v) is 2.51. The first kappa shape index (κ1) is 16.9. The molecule has 2 aromatic carbocycles. The lowest BCUT2D eigenvalue weighted by Crippen LogP contribution is -2.26. The summed E-state index contributed by atoms with van der Waals surface area (Å²) >= 11 is 0. The van der Waals surface area contributed by atoms with Crippen LogP contribution < -0.4 is 14.8 Å². The summed E-state index contributed by atoms with van der Waals surface area (Å²) in [5, 5.41) is 2.95. The minimum atomic E-state index is -0.128. The second kappa shape index (κ2) is 7.68. The van der Waals surface area contributed by atoms with E-state index >= 15 is 0 Å². The van der Waals surface area contributed by atoms with Crippen molar-refractivity contribution in [2.24, 2.45) is 0 Å². The van der Waals surface area contributed by atoms with Crippen LogP contribution in [0, 0.1) is 13.8 Å². The van der Waals surface area contributed by atoms with Crippen molar-refractivity contribution in [1.29, 1.82) is 0 Å². The average molecular weight is 313 g/mol. The third-order valence-electron chi connectivity index (χ3n) is 3.72. The normalized spacial score (nSPS) is 10.3. The molecular formula is C19H23NO3. The Balaban J connectivity index is 2.03. The summed E-state index contributed by atoms with van der Waals surface area (Å²) in [6, 6.07) is 11.6. The van der Waals surface area contributed by atoms with Crippen LogP contribution in [0.15, 0.2) is 36.4 Å². The third-order valence-corrected chi connectivity index (χ3v) is 3.72. The van der Waals surface area contributed by atoms with Crippen LogP contribution in [0.1, 0.15) is 27.0 Å². The summed E-state index contributed by atoms with van der Waals surface area (Å²) < 4.78 is 10.6. The molecule has 0 aliphatic carbocycles. The Bertz CT molecular complexity index is 695. The van der Waals surface area contributed by atoms with E-state index in [1.165, 1.54) is 5.56 Å². The van der Waals surface area contributed by atoms with Crippen molar-refractivity contribution in [2.75, 3.05) is 20.8 Å². The molecule has 0 bridgehead atoms. The lowest BCUT2D eigenvalue weighted by Gasteiger charge is -2.12. The molecular weight excluding hydrogens is 290 g/mol. The van der Waals surface area contributed by atoms with Gasteiger partial charge in [-0.15, -0.1) is 0 Å². The van der Waals surface area contributed by atoms with Crippen molar-refractivity contribution in [1.82, 2.24) is 5.32 Å². The van der Waals surface area contributed by atoms with Crippen LogP contribution in [0.3, 0.4) is 0 Å². The molecule has 4 nitrogen and oxygen atoms in total. The van der Waals surface area contributed by atoms with Crippen LogP contribution in [0.2, 0.25) is 0 Å². The molecule has 0 heterocycles. The quantitative estimate of drug-likeness (QED) is 0.890. The van der Waals surface area contributed by atoms with Gasteiger partial charge in [0.15, 0.2) is 0 Å². The zero-order valence-electron chi connectivity index (χ0n) is 14.1. The van der Waals surface area contributed by atoms with Gasteiger partial charge in [0.1, 0.15) is 11.5 Å². The molecule has 4 heteroatoms. The van der Waals surface area contributed by atoms with Crippen LogP contribution in [0.25, 0.3) is 0 Å². The number of carbonyl (C=O) groups excluding carboxylic acids is 1. The Morgan fingerprint density at radius 2 is 1.57 bits per heavy atom. The molecule has 0 unspecified atom stereocenters. The molecule has 0 spiro atoms. The van der Waals surface area contributed by atoms with Gasteiger partial charge in [-0.2, -0.15) is 0 Å². The summed E-state index contributed by atoms with van der Waals surface area (Å²) in [4.78, 5) is 12.4. The van der Waals surface area contributed by atoms with Gasteiger partial charge in [0.05, 0.1) is 19.8 Å². The molecule has 0 saturated heterocycles. The first-order chi connectivity index (χ1) is 11.0. The number of hydrogen-bond donors (Lipinski definition) is 1. The molecule has 0 aliphatic rings. The van der Waals surface area contributed by atoms with E-state index in [-0.39, 0.29) is 5.91 Å². The fraction of sp³-hybridized carbons (Fsp3) is 0.316. The Morgan fingerprint density at radius 1 is 0.957 bits per heavy atom. The Kier molecular flexibility index (Phi) is 5.63. The summed E-state index contributed by atoms with van der Waals surface area (Å²) in [5.74, 6) is 1.30. The number of ether oxygens (including phenoxy) is 2. The largest absolute Gasteiger partial charge is 0.496 e. The number of nitrogens with one attached hydrogen (secondary N) is 1. The van der Waals surface area contributed by atoms with E-state index in [0.717, 1.165) is 16.9 Å². The molecule has 2 aromatic rings. The van der Waals surface area contributed by atoms with Crippen LogP contribution >= 0.6 is 0 Å².